The first-order valence-corrected chi connectivity index (χ1v) is 42.8. The zero-order valence-electron chi connectivity index (χ0n) is 63.8. The number of fused-ring (bicyclic) bond motifs is 13. The summed E-state index contributed by atoms with van der Waals surface area (Å²) in [5.74, 6) is 3.01. The fourth-order valence-electron chi connectivity index (χ4n) is 28.2. The van der Waals surface area contributed by atoms with Crippen molar-refractivity contribution in [3.63, 3.8) is 0 Å². The summed E-state index contributed by atoms with van der Waals surface area (Å²) in [7, 11) is 0. The van der Waals surface area contributed by atoms with Gasteiger partial charge in [0.1, 0.15) is 23.1 Å². The van der Waals surface area contributed by atoms with Gasteiger partial charge in [0.2, 0.25) is 0 Å². The Morgan fingerprint density at radius 3 is 1.26 bits per heavy atom. The molecule has 0 aliphatic heterocycles. The molecule has 0 aromatic carbocycles. The van der Waals surface area contributed by atoms with Crippen LogP contribution in [0, 0.1) is 70.4 Å². The molecule has 14 atom stereocenters. The molecule has 4 unspecified atom stereocenters. The molecule has 5 fully saturated rings. The normalized spacial score (nSPS) is 43.5. The Morgan fingerprint density at radius 1 is 0.385 bits per heavy atom. The van der Waals surface area contributed by atoms with Crippen LogP contribution < -0.4 is 0 Å². The molecule has 11 heteroatoms. The van der Waals surface area contributed by atoms with Crippen LogP contribution in [0.3, 0.4) is 0 Å². The number of hydrogen-bond donors (Lipinski definition) is 0. The monoisotopic (exact) mass is 1430 g/mol. The van der Waals surface area contributed by atoms with Crippen LogP contribution >= 0.6 is 23.5 Å². The molecular formula is C93H108O9S2. The second-order valence-corrected chi connectivity index (χ2v) is 41.1. The molecule has 0 N–H and O–H groups in total. The van der Waals surface area contributed by atoms with E-state index >= 15 is 0 Å². The Balaban J connectivity index is 0.0000000989. The van der Waals surface area contributed by atoms with Crippen LogP contribution in [0.4, 0.5) is 0 Å². The van der Waals surface area contributed by atoms with Crippen LogP contribution in [0.5, 0.6) is 0 Å². The summed E-state index contributed by atoms with van der Waals surface area (Å²) >= 11 is 3.30. The van der Waals surface area contributed by atoms with Gasteiger partial charge in [-0.1, -0.05) is 143 Å². The highest BCUT2D eigenvalue weighted by molar-refractivity contribution is 8.14. The SMILES string of the molecule is CC(=O)S[C@@H]1CC2=CC(=O)CCC2(C)C2=C1C1=CC[C@@]3(C)CCC(=O)[C@@]13CC2.CC12CCC(=O)C=C1C1(CC1)CC1=C2CC[C@@]23C(=O)CC[C@]2(C)CC=C13.CC12CCC(=O)C=C1C=CC1=C2CC[C@@]23C(=O)CC[C@]2(C)CC=C13.CS[C@@H]1CC2=CC(=O)CCC2(C)C2=C1C1=CC[C@@]3(C)CCC(=O)[C@@]13CC2. The molecule has 0 heterocycles. The standard InChI is InChI=1S/C24H28O3S.C24H28O2.C23H28O2S.C22H24O2/c1-14(25)28-19-13-15-12-16(26)4-10-23(15,3)17-6-11-24-18(21(17)19)5-8-22(24,2)9-7-20(24)27;1-21-7-4-18-16-14-23(11-12-23)19-13-15(25)3-9-22(19,2)17(16)5-10-24(18,21)20(26)6-8-21;1-21-8-5-17-20-16(6-11-23(17,21)19(25)7-9-21)22(2)10-4-15(24)12-14(22)13-18(20)26-3;1-20-9-6-18-16-4-3-14-13-15(23)5-11-21(14,2)17(16)7-12-22(18,20)19(24)8-10-20/h5,12,19H,4,6-11,13H2,1-3H3;4,13H,3,5-12,14H2,1-2H3;5,12,18H,4,6-11,13H2,1-3H3;3-4,6,13H,5,7-12H2,1-2H3/t19-,22+,23?,24-;21-,22?,24+;18-,21+,22?,23-;20-,21?,22+/m1010/s1. The second-order valence-electron chi connectivity index (χ2n) is 38.7. The predicted octanol–water partition coefficient (Wildman–Crippen LogP) is 20.2. The van der Waals surface area contributed by atoms with Gasteiger partial charge in [-0.25, -0.2) is 0 Å². The molecule has 21 aliphatic carbocycles. The highest BCUT2D eigenvalue weighted by Crippen LogP contribution is 2.77. The average Bonchev–Trinajstić information content (AvgIpc) is 1.50. The first kappa shape index (κ1) is 70.1. The van der Waals surface area contributed by atoms with Crippen molar-refractivity contribution in [2.75, 3.05) is 6.26 Å². The number of rotatable bonds is 2. The predicted molar refractivity (Wildman–Crippen MR) is 411 cm³/mol. The third kappa shape index (κ3) is 8.92. The summed E-state index contributed by atoms with van der Waals surface area (Å²) in [6.45, 7) is 20.3. The number of ketones is 8. The van der Waals surface area contributed by atoms with E-state index in [1.807, 2.05) is 36.1 Å². The van der Waals surface area contributed by atoms with Crippen molar-refractivity contribution in [1.29, 1.82) is 0 Å². The van der Waals surface area contributed by atoms with E-state index < -0.39 is 0 Å². The highest BCUT2D eigenvalue weighted by Gasteiger charge is 2.70. The van der Waals surface area contributed by atoms with E-state index in [1.54, 1.807) is 23.6 Å². The van der Waals surface area contributed by atoms with Gasteiger partial charge in [-0.15, -0.1) is 0 Å². The molecular weight excluding hydrogens is 1330 g/mol. The maximum atomic E-state index is 13.2. The maximum absolute atomic E-state index is 13.2. The fourth-order valence-corrected chi connectivity index (χ4v) is 30.1. The summed E-state index contributed by atoms with van der Waals surface area (Å²) < 4.78 is 0. The lowest BCUT2D eigenvalue weighted by molar-refractivity contribution is -0.127. The largest absolute Gasteiger partial charge is 0.299 e. The number of hydrogen-bond acceptors (Lipinski definition) is 11. The third-order valence-electron chi connectivity index (χ3n) is 34.6. The Kier molecular flexibility index (Phi) is 15.5. The van der Waals surface area contributed by atoms with E-state index in [2.05, 4.69) is 98.1 Å². The highest BCUT2D eigenvalue weighted by atomic mass is 32.2. The van der Waals surface area contributed by atoms with Gasteiger partial charge >= 0.3 is 0 Å². The average molecular weight is 1430 g/mol. The molecule has 0 bridgehead atoms. The lowest BCUT2D eigenvalue weighted by atomic mass is 9.50. The lowest BCUT2D eigenvalue weighted by Crippen LogP contribution is -2.46. The molecule has 5 spiro atoms. The van der Waals surface area contributed by atoms with E-state index in [1.165, 1.54) is 97.1 Å². The minimum Gasteiger partial charge on any atom is -0.299 e. The number of Topliss-reactive ketones (excluding diaryl/α,β-unsaturated/α-hetero) is 4. The van der Waals surface area contributed by atoms with Crippen molar-refractivity contribution in [3.05, 3.63) is 150 Å². The van der Waals surface area contributed by atoms with Gasteiger partial charge in [-0.2, -0.15) is 11.8 Å². The molecule has 0 aromatic heterocycles. The van der Waals surface area contributed by atoms with Gasteiger partial charge in [0, 0.05) is 90.5 Å². The van der Waals surface area contributed by atoms with Gasteiger partial charge in [0.15, 0.2) is 28.2 Å². The van der Waals surface area contributed by atoms with E-state index in [0.29, 0.717) is 72.1 Å². The molecule has 0 radical (unpaired) electrons. The van der Waals surface area contributed by atoms with E-state index in [0.717, 1.165) is 167 Å². The van der Waals surface area contributed by atoms with Gasteiger partial charge in [-0.3, -0.25) is 43.2 Å². The lowest BCUT2D eigenvalue weighted by Gasteiger charge is -2.53. The minimum absolute atomic E-state index is 0.0128. The van der Waals surface area contributed by atoms with E-state index in [-0.39, 0.29) is 92.3 Å². The topological polar surface area (TPSA) is 154 Å². The van der Waals surface area contributed by atoms with Crippen molar-refractivity contribution in [2.24, 2.45) is 70.4 Å². The van der Waals surface area contributed by atoms with Crippen molar-refractivity contribution in [2.45, 2.75) is 285 Å². The number of allylic oxidation sites excluding steroid dienone is 24. The van der Waals surface area contributed by atoms with Crippen LogP contribution in [0.1, 0.15) is 274 Å². The van der Waals surface area contributed by atoms with Crippen LogP contribution in [-0.2, 0) is 43.2 Å². The fraction of sp³-hybridized carbons (Fsp3) is 0.624. The summed E-state index contributed by atoms with van der Waals surface area (Å²) in [5, 5.41) is 0.549. The molecule has 0 saturated heterocycles. The van der Waals surface area contributed by atoms with Crippen LogP contribution in [0.25, 0.3) is 0 Å². The van der Waals surface area contributed by atoms with Gasteiger partial charge in [0.25, 0.3) is 0 Å². The van der Waals surface area contributed by atoms with Crippen molar-refractivity contribution >= 4 is 74.9 Å². The molecule has 9 nitrogen and oxygen atoms in total. The van der Waals surface area contributed by atoms with Gasteiger partial charge in [0.05, 0.1) is 21.7 Å². The van der Waals surface area contributed by atoms with Crippen LogP contribution in [0.15, 0.2) is 150 Å². The van der Waals surface area contributed by atoms with Crippen molar-refractivity contribution in [3.8, 4) is 0 Å². The molecule has 546 valence electrons. The van der Waals surface area contributed by atoms with Crippen molar-refractivity contribution in [1.82, 2.24) is 0 Å². The van der Waals surface area contributed by atoms with Crippen LogP contribution in [-0.4, -0.2) is 68.1 Å². The third-order valence-corrected chi connectivity index (χ3v) is 36.5. The Labute approximate surface area is 625 Å². The molecule has 21 rings (SSSR count). The number of carbonyl (C=O) groups excluding carboxylic acids is 9. The van der Waals surface area contributed by atoms with Crippen LogP contribution in [0.2, 0.25) is 0 Å². The second kappa shape index (κ2) is 23.0. The van der Waals surface area contributed by atoms with E-state index in [9.17, 15) is 43.2 Å². The zero-order chi connectivity index (χ0) is 72.9. The summed E-state index contributed by atoms with van der Waals surface area (Å²) in [5.41, 5.74) is 22.1. The van der Waals surface area contributed by atoms with Crippen molar-refractivity contribution < 1.29 is 43.2 Å². The summed E-state index contributed by atoms with van der Waals surface area (Å²) in [6, 6.07) is 0. The Morgan fingerprint density at radius 2 is 0.779 bits per heavy atom. The quantitative estimate of drug-likeness (QED) is 0.260. The summed E-state index contributed by atoms with van der Waals surface area (Å²) in [4.78, 5) is 113. The summed E-state index contributed by atoms with van der Waals surface area (Å²) in [6.07, 6.45) is 54.5. The molecule has 0 aromatic rings. The molecule has 21 aliphatic rings. The molecule has 0 amide bonds. The molecule has 5 saturated carbocycles. The smallest absolute Gasteiger partial charge is 0.186 e. The maximum Gasteiger partial charge on any atom is 0.186 e. The Bertz CT molecular complexity index is 4600. The number of carbonyl (C=O) groups is 9. The minimum atomic E-state index is -0.330. The number of thioether (sulfide) groups is 2. The zero-order valence-corrected chi connectivity index (χ0v) is 65.4. The molecule has 104 heavy (non-hydrogen) atoms. The first-order chi connectivity index (χ1) is 49.3. The van der Waals surface area contributed by atoms with E-state index in [4.69, 9.17) is 0 Å². The van der Waals surface area contributed by atoms with Gasteiger partial charge in [-0.05, 0) is 268 Å². The Hall–Kier alpha value is -5.65. The van der Waals surface area contributed by atoms with Gasteiger partial charge < -0.3 is 0 Å². The first-order valence-electron chi connectivity index (χ1n) is 40.6.